The molecule has 1 aliphatic rings. The van der Waals surface area contributed by atoms with Crippen LogP contribution in [0.4, 0.5) is 17.1 Å². The monoisotopic (exact) mass is 770 g/mol. The fourth-order valence-electron chi connectivity index (χ4n) is 8.82. The number of hydrogen-bond donors (Lipinski definition) is 0. The van der Waals surface area contributed by atoms with Gasteiger partial charge in [-0.25, -0.2) is 9.97 Å². The number of rotatable bonds is 5. The lowest BCUT2D eigenvalue weighted by Crippen LogP contribution is -2.14. The lowest BCUT2D eigenvalue weighted by molar-refractivity contribution is 1.17. The van der Waals surface area contributed by atoms with Crippen LogP contribution in [0, 0.1) is 0 Å². The largest absolute Gasteiger partial charge is 0.309 e. The Balaban J connectivity index is 1.00. The predicted molar refractivity (Wildman–Crippen MR) is 246 cm³/mol. The maximum Gasteiger partial charge on any atom is 0.160 e. The highest BCUT2D eigenvalue weighted by molar-refractivity contribution is 7.99. The topological polar surface area (TPSA) is 34.0 Å². The standard InChI is InChI=1S/C54H34N4S/c1-3-14-36(15-4-1)53-43-19-9-10-20-45(43)55-54(56-53)37-23-28-41(29-24-37)58-48-32-26-35-13-7-8-18-42(35)52(48)44-30-25-38(33-49(44)58)39-27-31-47-51(34-39)59-50-22-12-11-21-46(50)57(47)40-16-5-2-6-17-40/h1-34H. The Hall–Kier alpha value is -7.47. The Morgan fingerprint density at radius 3 is 1.93 bits per heavy atom. The second-order valence-corrected chi connectivity index (χ2v) is 16.1. The second kappa shape index (κ2) is 13.6. The minimum Gasteiger partial charge on any atom is -0.309 e. The summed E-state index contributed by atoms with van der Waals surface area (Å²) in [6, 6.07) is 73.9. The molecule has 0 N–H and O–H groups in total. The minimum atomic E-state index is 0.711. The van der Waals surface area contributed by atoms with Crippen LogP contribution in [0.15, 0.2) is 216 Å². The summed E-state index contributed by atoms with van der Waals surface area (Å²) < 4.78 is 2.42. The van der Waals surface area contributed by atoms with E-state index in [4.69, 9.17) is 9.97 Å². The molecule has 4 nitrogen and oxygen atoms in total. The van der Waals surface area contributed by atoms with Gasteiger partial charge in [0.05, 0.1) is 33.6 Å². The average Bonchev–Trinajstić information content (AvgIpc) is 3.65. The first kappa shape index (κ1) is 33.6. The predicted octanol–water partition coefficient (Wildman–Crippen LogP) is 14.8. The van der Waals surface area contributed by atoms with E-state index in [1.807, 2.05) is 23.9 Å². The number of para-hydroxylation sites is 3. The van der Waals surface area contributed by atoms with E-state index in [0.717, 1.165) is 44.6 Å². The van der Waals surface area contributed by atoms with E-state index < -0.39 is 0 Å². The summed E-state index contributed by atoms with van der Waals surface area (Å²) in [5.74, 6) is 0.711. The molecule has 1 aliphatic heterocycles. The summed E-state index contributed by atoms with van der Waals surface area (Å²) in [5, 5.41) is 6.02. The molecule has 12 rings (SSSR count). The summed E-state index contributed by atoms with van der Waals surface area (Å²) in [4.78, 5) is 15.1. The maximum absolute atomic E-state index is 5.16. The summed E-state index contributed by atoms with van der Waals surface area (Å²) in [5.41, 5.74) is 13.3. The van der Waals surface area contributed by atoms with Gasteiger partial charge in [-0.1, -0.05) is 139 Å². The van der Waals surface area contributed by atoms with Crippen molar-refractivity contribution in [3.8, 4) is 39.5 Å². The van der Waals surface area contributed by atoms with Gasteiger partial charge in [-0.2, -0.15) is 0 Å². The molecule has 0 atom stereocenters. The highest BCUT2D eigenvalue weighted by atomic mass is 32.2. The zero-order valence-corrected chi connectivity index (χ0v) is 32.6. The van der Waals surface area contributed by atoms with Gasteiger partial charge in [0.1, 0.15) is 0 Å². The average molecular weight is 771 g/mol. The van der Waals surface area contributed by atoms with Crippen LogP contribution < -0.4 is 4.90 Å². The summed E-state index contributed by atoms with van der Waals surface area (Å²) >= 11 is 1.84. The lowest BCUT2D eigenvalue weighted by atomic mass is 10.0. The SMILES string of the molecule is c1ccc(-c2nc(-c3ccc(-n4c5cc(-c6ccc7c(c6)Sc6ccccc6N7c6ccccc6)ccc5c5c6ccccc6ccc54)cc3)nc3ccccc23)cc1. The van der Waals surface area contributed by atoms with Gasteiger partial charge in [-0.3, -0.25) is 0 Å². The van der Waals surface area contributed by atoms with Gasteiger partial charge in [-0.15, -0.1) is 0 Å². The van der Waals surface area contributed by atoms with Gasteiger partial charge in [0.15, 0.2) is 5.82 Å². The van der Waals surface area contributed by atoms with E-state index >= 15 is 0 Å². The third-order valence-electron chi connectivity index (χ3n) is 11.6. The second-order valence-electron chi connectivity index (χ2n) is 15.0. The number of hydrogen-bond acceptors (Lipinski definition) is 4. The van der Waals surface area contributed by atoms with Gasteiger partial charge >= 0.3 is 0 Å². The molecule has 0 saturated heterocycles. The zero-order valence-electron chi connectivity index (χ0n) is 31.8. The molecular weight excluding hydrogens is 737 g/mol. The third-order valence-corrected chi connectivity index (χ3v) is 12.7. The van der Waals surface area contributed by atoms with E-state index in [0.29, 0.717) is 5.82 Å². The molecule has 0 radical (unpaired) electrons. The van der Waals surface area contributed by atoms with Crippen LogP contribution in [0.25, 0.3) is 82.9 Å². The Bertz CT molecular complexity index is 3410. The highest BCUT2D eigenvalue weighted by Crippen LogP contribution is 2.52. The molecule has 59 heavy (non-hydrogen) atoms. The highest BCUT2D eigenvalue weighted by Gasteiger charge is 2.25. The van der Waals surface area contributed by atoms with Gasteiger partial charge in [0, 0.05) is 48.5 Å². The van der Waals surface area contributed by atoms with Gasteiger partial charge in [0.25, 0.3) is 0 Å². The van der Waals surface area contributed by atoms with E-state index in [2.05, 4.69) is 204 Å². The Morgan fingerprint density at radius 2 is 1.07 bits per heavy atom. The number of fused-ring (bicyclic) bond motifs is 8. The molecule has 11 aromatic rings. The van der Waals surface area contributed by atoms with Crippen molar-refractivity contribution in [3.05, 3.63) is 206 Å². The molecule has 0 unspecified atom stereocenters. The first-order valence-electron chi connectivity index (χ1n) is 19.9. The van der Waals surface area contributed by atoms with Crippen molar-refractivity contribution in [1.29, 1.82) is 0 Å². The molecule has 0 aliphatic carbocycles. The first-order chi connectivity index (χ1) is 29.2. The van der Waals surface area contributed by atoms with Crippen LogP contribution >= 0.6 is 11.8 Å². The fraction of sp³-hybridized carbons (Fsp3) is 0. The fourth-order valence-corrected chi connectivity index (χ4v) is 9.92. The van der Waals surface area contributed by atoms with E-state index in [9.17, 15) is 0 Å². The Labute approximate surface area is 345 Å². The van der Waals surface area contributed by atoms with Crippen LogP contribution in [0.3, 0.4) is 0 Å². The molecule has 3 heterocycles. The molecule has 0 amide bonds. The van der Waals surface area contributed by atoms with Crippen LogP contribution in [-0.4, -0.2) is 14.5 Å². The van der Waals surface area contributed by atoms with Gasteiger partial charge < -0.3 is 9.47 Å². The third kappa shape index (κ3) is 5.54. The molecular formula is C54H34N4S. The number of benzene rings is 9. The molecule has 5 heteroatoms. The molecule has 0 fully saturated rings. The quantitative estimate of drug-likeness (QED) is 0.175. The van der Waals surface area contributed by atoms with E-state index in [1.165, 1.54) is 59.4 Å². The van der Waals surface area contributed by atoms with Crippen molar-refractivity contribution in [2.45, 2.75) is 9.79 Å². The molecule has 276 valence electrons. The molecule has 0 spiro atoms. The molecule has 0 saturated carbocycles. The lowest BCUT2D eigenvalue weighted by Gasteiger charge is -2.33. The Morgan fingerprint density at radius 1 is 0.390 bits per heavy atom. The van der Waals surface area contributed by atoms with Crippen LogP contribution in [-0.2, 0) is 0 Å². The smallest absolute Gasteiger partial charge is 0.160 e. The van der Waals surface area contributed by atoms with Crippen molar-refractivity contribution < 1.29 is 0 Å². The molecule has 2 aromatic heterocycles. The first-order valence-corrected chi connectivity index (χ1v) is 20.7. The van der Waals surface area contributed by atoms with Crippen molar-refractivity contribution in [2.24, 2.45) is 0 Å². The normalized spacial score (nSPS) is 12.3. The van der Waals surface area contributed by atoms with E-state index in [-0.39, 0.29) is 0 Å². The number of nitrogens with zero attached hydrogens (tertiary/aromatic N) is 4. The van der Waals surface area contributed by atoms with Crippen molar-refractivity contribution >= 4 is 72.3 Å². The van der Waals surface area contributed by atoms with Crippen LogP contribution in [0.1, 0.15) is 0 Å². The van der Waals surface area contributed by atoms with Crippen molar-refractivity contribution in [2.75, 3.05) is 4.90 Å². The minimum absolute atomic E-state index is 0.711. The molecule has 9 aromatic carbocycles. The summed E-state index contributed by atoms with van der Waals surface area (Å²) in [6.45, 7) is 0. The summed E-state index contributed by atoms with van der Waals surface area (Å²) in [6.07, 6.45) is 0. The maximum atomic E-state index is 5.16. The zero-order chi connectivity index (χ0) is 38.9. The number of anilines is 3. The van der Waals surface area contributed by atoms with Gasteiger partial charge in [-0.05, 0) is 101 Å². The van der Waals surface area contributed by atoms with Crippen molar-refractivity contribution in [3.63, 3.8) is 0 Å². The van der Waals surface area contributed by atoms with E-state index in [1.54, 1.807) is 0 Å². The van der Waals surface area contributed by atoms with Gasteiger partial charge in [0.2, 0.25) is 0 Å². The molecule has 0 bridgehead atoms. The van der Waals surface area contributed by atoms with Crippen molar-refractivity contribution in [1.82, 2.24) is 14.5 Å². The Kier molecular flexibility index (Phi) is 7.75. The summed E-state index contributed by atoms with van der Waals surface area (Å²) in [7, 11) is 0. The number of aromatic nitrogens is 3. The van der Waals surface area contributed by atoms with Crippen LogP contribution in [0.2, 0.25) is 0 Å². The van der Waals surface area contributed by atoms with Crippen LogP contribution in [0.5, 0.6) is 0 Å².